The summed E-state index contributed by atoms with van der Waals surface area (Å²) in [6, 6.07) is 0. The van der Waals surface area contributed by atoms with E-state index in [-0.39, 0.29) is 0 Å². The van der Waals surface area contributed by atoms with Crippen LogP contribution in [0.2, 0.25) is 0 Å². The summed E-state index contributed by atoms with van der Waals surface area (Å²) in [5, 5.41) is 3.02. The second kappa shape index (κ2) is 6.95. The fraction of sp³-hybridized carbons (Fsp3) is 0.455. The summed E-state index contributed by atoms with van der Waals surface area (Å²) in [5.74, 6) is 0.590. The summed E-state index contributed by atoms with van der Waals surface area (Å²) in [5.41, 5.74) is 0.888. The van der Waals surface area contributed by atoms with Gasteiger partial charge in [-0.3, -0.25) is 4.98 Å². The summed E-state index contributed by atoms with van der Waals surface area (Å²) >= 11 is 0. The molecule has 0 atom stereocenters. The molecule has 1 rings (SSSR count). The lowest BCUT2D eigenvalue weighted by molar-refractivity contribution is 0.298. The van der Waals surface area contributed by atoms with E-state index in [4.69, 9.17) is 4.74 Å². The van der Waals surface area contributed by atoms with E-state index >= 15 is 0 Å². The van der Waals surface area contributed by atoms with E-state index in [1.165, 1.54) is 0 Å². The minimum absolute atomic E-state index is 0.590. The lowest BCUT2D eigenvalue weighted by atomic mass is 10.3. The van der Waals surface area contributed by atoms with E-state index in [0.717, 1.165) is 18.5 Å². The number of rotatable bonds is 7. The van der Waals surface area contributed by atoms with Gasteiger partial charge in [-0.15, -0.1) is 6.58 Å². The maximum Gasteiger partial charge on any atom is 0.232 e. The molecule has 0 aromatic carbocycles. The summed E-state index contributed by atoms with van der Waals surface area (Å²) in [6.07, 6.45) is 7.16. The van der Waals surface area contributed by atoms with Gasteiger partial charge in [-0.25, -0.2) is 4.98 Å². The number of unbranched alkanes of at least 4 members (excludes halogenated alkanes) is 1. The van der Waals surface area contributed by atoms with Gasteiger partial charge in [-0.2, -0.15) is 0 Å². The molecule has 4 heteroatoms. The number of allylic oxidation sites excluding steroid dienone is 1. The standard InChI is InChI=1S/C11H17N3O/c1-3-4-5-6-15-11-9-13-8-10(14-11)7-12-2/h3,8-9,12H,1,4-7H2,2H3. The van der Waals surface area contributed by atoms with Crippen molar-refractivity contribution in [2.24, 2.45) is 0 Å². The normalized spacial score (nSPS) is 9.93. The molecule has 1 heterocycles. The second-order valence-corrected chi connectivity index (χ2v) is 3.16. The first kappa shape index (κ1) is 11.7. The molecule has 1 aromatic heterocycles. The Morgan fingerprint density at radius 3 is 3.13 bits per heavy atom. The first-order valence-electron chi connectivity index (χ1n) is 5.06. The van der Waals surface area contributed by atoms with Crippen molar-refractivity contribution in [3.63, 3.8) is 0 Å². The smallest absolute Gasteiger partial charge is 0.232 e. The van der Waals surface area contributed by atoms with Crippen molar-refractivity contribution < 1.29 is 4.74 Å². The average molecular weight is 207 g/mol. The van der Waals surface area contributed by atoms with Crippen LogP contribution in [0, 0.1) is 0 Å². The average Bonchev–Trinajstić information content (AvgIpc) is 2.26. The molecule has 0 radical (unpaired) electrons. The van der Waals surface area contributed by atoms with Gasteiger partial charge in [0.25, 0.3) is 0 Å². The molecule has 0 unspecified atom stereocenters. The van der Waals surface area contributed by atoms with Gasteiger partial charge in [0.05, 0.1) is 18.5 Å². The van der Waals surface area contributed by atoms with Gasteiger partial charge in [0.2, 0.25) is 5.88 Å². The Balaban J connectivity index is 2.39. The maximum atomic E-state index is 5.45. The highest BCUT2D eigenvalue weighted by Gasteiger charge is 1.98. The summed E-state index contributed by atoms with van der Waals surface area (Å²) < 4.78 is 5.45. The number of hydrogen-bond acceptors (Lipinski definition) is 4. The lowest BCUT2D eigenvalue weighted by Crippen LogP contribution is -2.08. The molecule has 0 aliphatic carbocycles. The molecule has 4 nitrogen and oxygen atoms in total. The Kier molecular flexibility index (Phi) is 5.40. The zero-order valence-electron chi connectivity index (χ0n) is 9.07. The van der Waals surface area contributed by atoms with Crippen LogP contribution in [0.15, 0.2) is 25.0 Å². The van der Waals surface area contributed by atoms with Gasteiger partial charge in [0, 0.05) is 12.7 Å². The van der Waals surface area contributed by atoms with Gasteiger partial charge < -0.3 is 10.1 Å². The zero-order valence-corrected chi connectivity index (χ0v) is 9.07. The molecule has 0 amide bonds. The van der Waals surface area contributed by atoms with E-state index in [0.29, 0.717) is 19.0 Å². The van der Waals surface area contributed by atoms with E-state index in [9.17, 15) is 0 Å². The summed E-state index contributed by atoms with van der Waals surface area (Å²) in [6.45, 7) is 5.01. The largest absolute Gasteiger partial charge is 0.477 e. The number of nitrogens with zero attached hydrogens (tertiary/aromatic N) is 2. The van der Waals surface area contributed by atoms with Crippen molar-refractivity contribution in [3.8, 4) is 5.88 Å². The van der Waals surface area contributed by atoms with Gasteiger partial charge in [0.15, 0.2) is 0 Å². The third-order valence-electron chi connectivity index (χ3n) is 1.82. The molecule has 82 valence electrons. The molecule has 0 saturated heterocycles. The van der Waals surface area contributed by atoms with E-state index in [2.05, 4.69) is 21.9 Å². The van der Waals surface area contributed by atoms with Crippen LogP contribution in [0.25, 0.3) is 0 Å². The summed E-state index contributed by atoms with van der Waals surface area (Å²) in [7, 11) is 1.87. The predicted molar refractivity (Wildman–Crippen MR) is 59.7 cm³/mol. The third kappa shape index (κ3) is 4.56. The van der Waals surface area contributed by atoms with Gasteiger partial charge in [-0.05, 0) is 19.9 Å². The first-order chi connectivity index (χ1) is 7.36. The molecule has 1 aromatic rings. The quantitative estimate of drug-likeness (QED) is 0.544. The molecular weight excluding hydrogens is 190 g/mol. The molecule has 15 heavy (non-hydrogen) atoms. The Bertz CT molecular complexity index is 302. The highest BCUT2D eigenvalue weighted by atomic mass is 16.5. The van der Waals surface area contributed by atoms with Crippen molar-refractivity contribution >= 4 is 0 Å². The maximum absolute atomic E-state index is 5.45. The number of hydrogen-bond donors (Lipinski definition) is 1. The van der Waals surface area contributed by atoms with Gasteiger partial charge in [0.1, 0.15) is 0 Å². The predicted octanol–water partition coefficient (Wildman–Crippen LogP) is 1.54. The van der Waals surface area contributed by atoms with Gasteiger partial charge in [-0.1, -0.05) is 6.08 Å². The van der Waals surface area contributed by atoms with Crippen molar-refractivity contribution in [1.82, 2.24) is 15.3 Å². The van der Waals surface area contributed by atoms with Crippen LogP contribution in [-0.2, 0) is 6.54 Å². The summed E-state index contributed by atoms with van der Waals surface area (Å²) in [4.78, 5) is 8.34. The fourth-order valence-electron chi connectivity index (χ4n) is 1.13. The van der Waals surface area contributed by atoms with E-state index in [1.807, 2.05) is 13.1 Å². The van der Waals surface area contributed by atoms with Gasteiger partial charge >= 0.3 is 0 Å². The second-order valence-electron chi connectivity index (χ2n) is 3.16. The highest BCUT2D eigenvalue weighted by Crippen LogP contribution is 2.05. The van der Waals surface area contributed by atoms with E-state index in [1.54, 1.807) is 12.4 Å². The molecule has 0 saturated carbocycles. The minimum Gasteiger partial charge on any atom is -0.477 e. The Labute approximate surface area is 90.4 Å². The topological polar surface area (TPSA) is 47.0 Å². The zero-order chi connectivity index (χ0) is 10.9. The first-order valence-corrected chi connectivity index (χ1v) is 5.06. The van der Waals surface area contributed by atoms with Crippen LogP contribution in [0.4, 0.5) is 0 Å². The van der Waals surface area contributed by atoms with Crippen molar-refractivity contribution in [1.29, 1.82) is 0 Å². The number of ether oxygens (including phenoxy) is 1. The fourth-order valence-corrected chi connectivity index (χ4v) is 1.13. The Morgan fingerprint density at radius 1 is 1.53 bits per heavy atom. The molecule has 0 spiro atoms. The van der Waals surface area contributed by atoms with Crippen LogP contribution in [-0.4, -0.2) is 23.6 Å². The Hall–Kier alpha value is -1.42. The van der Waals surface area contributed by atoms with Crippen molar-refractivity contribution in [3.05, 3.63) is 30.7 Å². The van der Waals surface area contributed by atoms with Crippen LogP contribution in [0.3, 0.4) is 0 Å². The molecule has 0 aliphatic rings. The third-order valence-corrected chi connectivity index (χ3v) is 1.82. The number of nitrogens with one attached hydrogen (secondary N) is 1. The molecule has 0 bridgehead atoms. The van der Waals surface area contributed by atoms with Crippen LogP contribution in [0.1, 0.15) is 18.5 Å². The lowest BCUT2D eigenvalue weighted by Gasteiger charge is -2.05. The minimum atomic E-state index is 0.590. The molecule has 0 aliphatic heterocycles. The SMILES string of the molecule is C=CCCCOc1cncc(CNC)n1. The molecule has 0 fully saturated rings. The van der Waals surface area contributed by atoms with E-state index < -0.39 is 0 Å². The van der Waals surface area contributed by atoms with Crippen LogP contribution >= 0.6 is 0 Å². The van der Waals surface area contributed by atoms with Crippen molar-refractivity contribution in [2.75, 3.05) is 13.7 Å². The Morgan fingerprint density at radius 2 is 2.40 bits per heavy atom. The van der Waals surface area contributed by atoms with Crippen LogP contribution in [0.5, 0.6) is 5.88 Å². The van der Waals surface area contributed by atoms with Crippen LogP contribution < -0.4 is 10.1 Å². The molecular formula is C11H17N3O. The number of aromatic nitrogens is 2. The van der Waals surface area contributed by atoms with Crippen molar-refractivity contribution in [2.45, 2.75) is 19.4 Å². The monoisotopic (exact) mass is 207 g/mol. The highest BCUT2D eigenvalue weighted by molar-refractivity contribution is 5.08. The molecule has 1 N–H and O–H groups in total.